The first-order chi connectivity index (χ1) is 11.6. The maximum absolute atomic E-state index is 12.6. The summed E-state index contributed by atoms with van der Waals surface area (Å²) in [6, 6.07) is 13.6. The van der Waals surface area contributed by atoms with Gasteiger partial charge in [0.2, 0.25) is 5.91 Å². The quantitative estimate of drug-likeness (QED) is 0.836. The second-order valence-electron chi connectivity index (χ2n) is 5.94. The molecule has 0 saturated heterocycles. The average Bonchev–Trinajstić information content (AvgIpc) is 2.47. The summed E-state index contributed by atoms with van der Waals surface area (Å²) in [7, 11) is 0. The van der Waals surface area contributed by atoms with Crippen molar-refractivity contribution in [2.45, 2.75) is 32.0 Å². The van der Waals surface area contributed by atoms with Gasteiger partial charge in [-0.05, 0) is 55.8 Å². The van der Waals surface area contributed by atoms with E-state index in [1.807, 2.05) is 25.1 Å². The molecule has 0 unspecified atom stereocenters. The van der Waals surface area contributed by atoms with Crippen LogP contribution in [0.15, 0.2) is 48.5 Å². The Labute approximate surface area is 143 Å². The summed E-state index contributed by atoms with van der Waals surface area (Å²) in [6.45, 7) is 2.49. The highest BCUT2D eigenvalue weighted by atomic mass is 19.4. The standard InChI is InChI=1S/C18H18F3NO3/c1-12-4-3-5-15(10-12)25-14-8-6-13(7-9-14)22-16(23)11-17(2,24)18(19,20)21/h3-10,24H,11H2,1-2H3,(H,22,23)/t17-/m0/s1. The average molecular weight is 353 g/mol. The number of ether oxygens (including phenoxy) is 1. The highest BCUT2D eigenvalue weighted by Gasteiger charge is 2.50. The van der Waals surface area contributed by atoms with E-state index >= 15 is 0 Å². The first-order valence-corrected chi connectivity index (χ1v) is 7.50. The van der Waals surface area contributed by atoms with Gasteiger partial charge in [-0.2, -0.15) is 13.2 Å². The van der Waals surface area contributed by atoms with Gasteiger partial charge in [0.05, 0.1) is 6.42 Å². The van der Waals surface area contributed by atoms with Crippen molar-refractivity contribution in [2.75, 3.05) is 5.32 Å². The van der Waals surface area contributed by atoms with Gasteiger partial charge in [-0.1, -0.05) is 12.1 Å². The van der Waals surface area contributed by atoms with Gasteiger partial charge < -0.3 is 15.2 Å². The van der Waals surface area contributed by atoms with Crippen molar-refractivity contribution < 1.29 is 27.8 Å². The van der Waals surface area contributed by atoms with Crippen LogP contribution in [0.3, 0.4) is 0 Å². The molecule has 0 spiro atoms. The van der Waals surface area contributed by atoms with Crippen molar-refractivity contribution >= 4 is 11.6 Å². The topological polar surface area (TPSA) is 58.6 Å². The Kier molecular flexibility index (Phi) is 5.37. The fraction of sp³-hybridized carbons (Fsp3) is 0.278. The van der Waals surface area contributed by atoms with E-state index in [1.54, 1.807) is 18.2 Å². The Morgan fingerprint density at radius 3 is 2.32 bits per heavy atom. The van der Waals surface area contributed by atoms with Gasteiger partial charge in [-0.25, -0.2) is 0 Å². The maximum Gasteiger partial charge on any atom is 0.417 e. The van der Waals surface area contributed by atoms with Gasteiger partial charge in [0.25, 0.3) is 0 Å². The molecule has 1 amide bonds. The number of hydrogen-bond donors (Lipinski definition) is 2. The van der Waals surface area contributed by atoms with Crippen LogP contribution >= 0.6 is 0 Å². The molecule has 2 N–H and O–H groups in total. The van der Waals surface area contributed by atoms with Crippen LogP contribution in [0.25, 0.3) is 0 Å². The van der Waals surface area contributed by atoms with Gasteiger partial charge >= 0.3 is 6.18 Å². The molecule has 0 aliphatic heterocycles. The number of alkyl halides is 3. The number of aryl methyl sites for hydroxylation is 1. The van der Waals surface area contributed by atoms with Gasteiger partial charge in [-0.3, -0.25) is 4.79 Å². The predicted molar refractivity (Wildman–Crippen MR) is 87.6 cm³/mol. The minimum absolute atomic E-state index is 0.305. The van der Waals surface area contributed by atoms with E-state index in [4.69, 9.17) is 4.74 Å². The van der Waals surface area contributed by atoms with Crippen LogP contribution in [0.5, 0.6) is 11.5 Å². The number of carbonyl (C=O) groups excluding carboxylic acids is 1. The smallest absolute Gasteiger partial charge is 0.417 e. The number of aliphatic hydroxyl groups is 1. The van der Waals surface area contributed by atoms with Crippen molar-refractivity contribution in [3.05, 3.63) is 54.1 Å². The fourth-order valence-electron chi connectivity index (χ4n) is 2.04. The van der Waals surface area contributed by atoms with Gasteiger partial charge in [0, 0.05) is 5.69 Å². The normalized spacial score (nSPS) is 13.8. The van der Waals surface area contributed by atoms with Crippen LogP contribution in [0.4, 0.5) is 18.9 Å². The second kappa shape index (κ2) is 7.14. The summed E-state index contributed by atoms with van der Waals surface area (Å²) >= 11 is 0. The molecule has 25 heavy (non-hydrogen) atoms. The third kappa shape index (κ3) is 5.22. The van der Waals surface area contributed by atoms with E-state index in [-0.39, 0.29) is 0 Å². The van der Waals surface area contributed by atoms with E-state index < -0.39 is 24.1 Å². The number of halogens is 3. The van der Waals surface area contributed by atoms with Crippen LogP contribution in [0, 0.1) is 6.92 Å². The summed E-state index contributed by atoms with van der Waals surface area (Å²) in [4.78, 5) is 11.7. The highest BCUT2D eigenvalue weighted by molar-refractivity contribution is 5.91. The number of carbonyl (C=O) groups is 1. The predicted octanol–water partition coefficient (Wildman–Crippen LogP) is 4.43. The molecular weight excluding hydrogens is 335 g/mol. The molecule has 0 aliphatic carbocycles. The molecule has 1 atom stereocenters. The molecule has 2 aromatic rings. The zero-order chi connectivity index (χ0) is 18.7. The SMILES string of the molecule is Cc1cccc(Oc2ccc(NC(=O)C[C@](C)(O)C(F)(F)F)cc2)c1. The summed E-state index contributed by atoms with van der Waals surface area (Å²) in [5, 5.41) is 11.6. The molecule has 0 aliphatic rings. The molecule has 0 radical (unpaired) electrons. The van der Waals surface area contributed by atoms with Crippen molar-refractivity contribution in [3.63, 3.8) is 0 Å². The van der Waals surface area contributed by atoms with E-state index in [2.05, 4.69) is 5.32 Å². The van der Waals surface area contributed by atoms with Crippen LogP contribution in [-0.2, 0) is 4.79 Å². The lowest BCUT2D eigenvalue weighted by Crippen LogP contribution is -2.44. The van der Waals surface area contributed by atoms with Gasteiger partial charge in [0.15, 0.2) is 5.60 Å². The van der Waals surface area contributed by atoms with Crippen LogP contribution in [0.2, 0.25) is 0 Å². The van der Waals surface area contributed by atoms with Crippen LogP contribution in [-0.4, -0.2) is 22.8 Å². The first kappa shape index (κ1) is 18.8. The number of anilines is 1. The summed E-state index contributed by atoms with van der Waals surface area (Å²) < 4.78 is 43.4. The third-order valence-electron chi connectivity index (χ3n) is 3.48. The summed E-state index contributed by atoms with van der Waals surface area (Å²) in [5.41, 5.74) is -1.73. The van der Waals surface area contributed by atoms with Crippen molar-refractivity contribution in [3.8, 4) is 11.5 Å². The Morgan fingerprint density at radius 2 is 1.76 bits per heavy atom. The minimum Gasteiger partial charge on any atom is -0.457 e. The maximum atomic E-state index is 12.6. The summed E-state index contributed by atoms with van der Waals surface area (Å²) in [5.74, 6) is 0.235. The van der Waals surface area contributed by atoms with E-state index in [1.165, 1.54) is 12.1 Å². The van der Waals surface area contributed by atoms with Crippen LogP contribution in [0.1, 0.15) is 18.9 Å². The molecule has 0 bridgehead atoms. The van der Waals surface area contributed by atoms with E-state index in [0.29, 0.717) is 24.1 Å². The minimum atomic E-state index is -4.88. The summed E-state index contributed by atoms with van der Waals surface area (Å²) in [6.07, 6.45) is -5.96. The van der Waals surface area contributed by atoms with Crippen molar-refractivity contribution in [1.82, 2.24) is 0 Å². The monoisotopic (exact) mass is 353 g/mol. The lowest BCUT2D eigenvalue weighted by Gasteiger charge is -2.25. The molecule has 2 rings (SSSR count). The molecule has 0 heterocycles. The molecule has 7 heteroatoms. The van der Waals surface area contributed by atoms with Gasteiger partial charge in [0.1, 0.15) is 11.5 Å². The Bertz CT molecular complexity index is 740. The molecule has 0 saturated carbocycles. The van der Waals surface area contributed by atoms with Crippen LogP contribution < -0.4 is 10.1 Å². The number of hydrogen-bond acceptors (Lipinski definition) is 3. The number of amides is 1. The molecule has 134 valence electrons. The number of rotatable bonds is 5. The van der Waals surface area contributed by atoms with E-state index in [0.717, 1.165) is 5.56 Å². The molecule has 0 aromatic heterocycles. The van der Waals surface area contributed by atoms with Gasteiger partial charge in [-0.15, -0.1) is 0 Å². The van der Waals surface area contributed by atoms with Crippen molar-refractivity contribution in [1.29, 1.82) is 0 Å². The molecule has 4 nitrogen and oxygen atoms in total. The zero-order valence-corrected chi connectivity index (χ0v) is 13.7. The molecule has 2 aromatic carbocycles. The Hall–Kier alpha value is -2.54. The molecular formula is C18H18F3NO3. The highest BCUT2D eigenvalue weighted by Crippen LogP contribution is 2.33. The first-order valence-electron chi connectivity index (χ1n) is 7.50. The Morgan fingerprint density at radius 1 is 1.12 bits per heavy atom. The van der Waals surface area contributed by atoms with E-state index in [9.17, 15) is 23.1 Å². The Balaban J connectivity index is 1.97. The fourth-order valence-corrected chi connectivity index (χ4v) is 2.04. The lowest BCUT2D eigenvalue weighted by molar-refractivity contribution is -0.252. The third-order valence-corrected chi connectivity index (χ3v) is 3.48. The number of nitrogens with one attached hydrogen (secondary N) is 1. The molecule has 0 fully saturated rings. The number of benzene rings is 2. The zero-order valence-electron chi connectivity index (χ0n) is 13.7. The van der Waals surface area contributed by atoms with Crippen molar-refractivity contribution in [2.24, 2.45) is 0 Å². The lowest BCUT2D eigenvalue weighted by atomic mass is 10.0. The largest absolute Gasteiger partial charge is 0.457 e. The second-order valence-corrected chi connectivity index (χ2v) is 5.94.